The Bertz CT molecular complexity index is 725. The van der Waals surface area contributed by atoms with Crippen molar-refractivity contribution in [3.63, 3.8) is 0 Å². The highest BCUT2D eigenvalue weighted by Crippen LogP contribution is 2.28. The number of para-hydroxylation sites is 1. The van der Waals surface area contributed by atoms with Crippen LogP contribution in [-0.2, 0) is 4.74 Å². The smallest absolute Gasteiger partial charge is 0.344 e. The molecule has 0 atom stereocenters. The Hall–Kier alpha value is -2.27. The van der Waals surface area contributed by atoms with Crippen molar-refractivity contribution < 1.29 is 19.1 Å². The summed E-state index contributed by atoms with van der Waals surface area (Å²) in [6, 6.07) is 13.8. The first kappa shape index (κ1) is 18.1. The standard InChI is InChI=1S/C19H20O4S/c1-13(2)12-22-18(20)14-8-4-5-9-15(14)19(21)23-16-10-6-7-11-17(16)24-3/h4-11,13H,12H2,1-3H3. The molecule has 0 saturated heterocycles. The highest BCUT2D eigenvalue weighted by molar-refractivity contribution is 7.98. The van der Waals surface area contributed by atoms with Crippen molar-refractivity contribution in [3.05, 3.63) is 59.7 Å². The SMILES string of the molecule is CSc1ccccc1OC(=O)c1ccccc1C(=O)OCC(C)C. The first-order valence-corrected chi connectivity index (χ1v) is 8.86. The Morgan fingerprint density at radius 3 is 2.17 bits per heavy atom. The van der Waals surface area contributed by atoms with Gasteiger partial charge in [-0.25, -0.2) is 9.59 Å². The minimum atomic E-state index is -0.575. The van der Waals surface area contributed by atoms with Gasteiger partial charge in [-0.2, -0.15) is 0 Å². The van der Waals surface area contributed by atoms with Crippen LogP contribution in [0.3, 0.4) is 0 Å². The summed E-state index contributed by atoms with van der Waals surface area (Å²) >= 11 is 1.49. The van der Waals surface area contributed by atoms with Crippen LogP contribution >= 0.6 is 11.8 Å². The first-order chi connectivity index (χ1) is 11.5. The highest BCUT2D eigenvalue weighted by Gasteiger charge is 2.20. The van der Waals surface area contributed by atoms with Crippen molar-refractivity contribution in [2.24, 2.45) is 5.92 Å². The van der Waals surface area contributed by atoms with Gasteiger partial charge >= 0.3 is 11.9 Å². The van der Waals surface area contributed by atoms with Crippen molar-refractivity contribution >= 4 is 23.7 Å². The lowest BCUT2D eigenvalue weighted by Gasteiger charge is -2.12. The number of hydrogen-bond donors (Lipinski definition) is 0. The van der Waals surface area contributed by atoms with Crippen LogP contribution in [0.4, 0.5) is 0 Å². The largest absolute Gasteiger partial charge is 0.462 e. The molecule has 0 aromatic heterocycles. The predicted molar refractivity (Wildman–Crippen MR) is 94.7 cm³/mol. The van der Waals surface area contributed by atoms with Gasteiger partial charge < -0.3 is 9.47 Å². The van der Waals surface area contributed by atoms with Gasteiger partial charge in [-0.05, 0) is 36.4 Å². The Labute approximate surface area is 146 Å². The molecule has 0 spiro atoms. The molecule has 0 bridgehead atoms. The van der Waals surface area contributed by atoms with Gasteiger partial charge in [0.1, 0.15) is 5.75 Å². The van der Waals surface area contributed by atoms with E-state index >= 15 is 0 Å². The molecule has 2 aromatic carbocycles. The summed E-state index contributed by atoms with van der Waals surface area (Å²) < 4.78 is 10.7. The topological polar surface area (TPSA) is 52.6 Å². The summed E-state index contributed by atoms with van der Waals surface area (Å²) in [6.07, 6.45) is 1.91. The third-order valence-corrected chi connectivity index (χ3v) is 3.96. The zero-order valence-electron chi connectivity index (χ0n) is 13.9. The normalized spacial score (nSPS) is 10.5. The summed E-state index contributed by atoms with van der Waals surface area (Å²) in [7, 11) is 0. The van der Waals surface area contributed by atoms with Gasteiger partial charge in [-0.15, -0.1) is 11.8 Å². The lowest BCUT2D eigenvalue weighted by atomic mass is 10.1. The average molecular weight is 344 g/mol. The fourth-order valence-electron chi connectivity index (χ4n) is 2.02. The summed E-state index contributed by atoms with van der Waals surface area (Å²) in [5.41, 5.74) is 0.409. The number of benzene rings is 2. The molecule has 0 amide bonds. The molecule has 5 heteroatoms. The zero-order valence-corrected chi connectivity index (χ0v) is 14.8. The van der Waals surface area contributed by atoms with E-state index in [1.165, 1.54) is 11.8 Å². The second-order valence-electron chi connectivity index (χ2n) is 5.58. The molecule has 4 nitrogen and oxygen atoms in total. The van der Waals surface area contributed by atoms with Gasteiger partial charge in [0.05, 0.1) is 17.7 Å². The Balaban J connectivity index is 2.22. The maximum atomic E-state index is 12.5. The number of rotatable bonds is 6. The lowest BCUT2D eigenvalue weighted by Crippen LogP contribution is -2.17. The van der Waals surface area contributed by atoms with Gasteiger partial charge in [0.25, 0.3) is 0 Å². The summed E-state index contributed by atoms with van der Waals surface area (Å²) in [6.45, 7) is 4.21. The third-order valence-electron chi connectivity index (χ3n) is 3.19. The molecule has 0 aliphatic carbocycles. The minimum absolute atomic E-state index is 0.196. The number of thioether (sulfide) groups is 1. The molecular weight excluding hydrogens is 324 g/mol. The molecule has 0 heterocycles. The van der Waals surface area contributed by atoms with E-state index in [0.29, 0.717) is 12.4 Å². The number of esters is 2. The lowest BCUT2D eigenvalue weighted by molar-refractivity contribution is 0.0452. The summed E-state index contributed by atoms with van der Waals surface area (Å²) in [4.78, 5) is 25.6. The maximum absolute atomic E-state index is 12.5. The molecule has 0 aliphatic heterocycles. The van der Waals surface area contributed by atoms with Gasteiger partial charge in [0.2, 0.25) is 0 Å². The van der Waals surface area contributed by atoms with E-state index in [0.717, 1.165) is 4.90 Å². The van der Waals surface area contributed by atoms with E-state index in [4.69, 9.17) is 9.47 Å². The minimum Gasteiger partial charge on any atom is -0.462 e. The Kier molecular flexibility index (Phi) is 6.44. The van der Waals surface area contributed by atoms with Crippen LogP contribution in [0.1, 0.15) is 34.6 Å². The number of hydrogen-bond acceptors (Lipinski definition) is 5. The van der Waals surface area contributed by atoms with E-state index in [1.54, 1.807) is 36.4 Å². The molecule has 0 N–H and O–H groups in total. The second-order valence-corrected chi connectivity index (χ2v) is 6.43. The molecule has 0 aliphatic rings. The first-order valence-electron chi connectivity index (χ1n) is 7.64. The molecule has 24 heavy (non-hydrogen) atoms. The second kappa shape index (κ2) is 8.55. The van der Waals surface area contributed by atoms with Gasteiger partial charge in [0, 0.05) is 4.90 Å². The highest BCUT2D eigenvalue weighted by atomic mass is 32.2. The molecule has 2 rings (SSSR count). The van der Waals surface area contributed by atoms with E-state index < -0.39 is 11.9 Å². The van der Waals surface area contributed by atoms with Gasteiger partial charge in [0.15, 0.2) is 0 Å². The van der Waals surface area contributed by atoms with Crippen LogP contribution in [0.15, 0.2) is 53.4 Å². The van der Waals surface area contributed by atoms with Crippen molar-refractivity contribution in [1.29, 1.82) is 0 Å². The van der Waals surface area contributed by atoms with Crippen molar-refractivity contribution in [1.82, 2.24) is 0 Å². The zero-order chi connectivity index (χ0) is 17.5. The van der Waals surface area contributed by atoms with Crippen LogP contribution in [0.25, 0.3) is 0 Å². The molecule has 126 valence electrons. The molecule has 0 saturated carbocycles. The third kappa shape index (κ3) is 4.61. The van der Waals surface area contributed by atoms with E-state index in [9.17, 15) is 9.59 Å². The molecule has 0 unspecified atom stereocenters. The quantitative estimate of drug-likeness (QED) is 0.440. The fraction of sp³-hybridized carbons (Fsp3) is 0.263. The number of carbonyl (C=O) groups is 2. The van der Waals surface area contributed by atoms with Crippen molar-refractivity contribution in [3.8, 4) is 5.75 Å². The maximum Gasteiger partial charge on any atom is 0.344 e. The molecular formula is C19H20O4S. The number of carbonyl (C=O) groups excluding carboxylic acids is 2. The summed E-state index contributed by atoms with van der Waals surface area (Å²) in [5, 5.41) is 0. The predicted octanol–water partition coefficient (Wildman–Crippen LogP) is 4.44. The van der Waals surface area contributed by atoms with Crippen LogP contribution in [0, 0.1) is 5.92 Å². The van der Waals surface area contributed by atoms with Crippen molar-refractivity contribution in [2.75, 3.05) is 12.9 Å². The number of ether oxygens (including phenoxy) is 2. The molecule has 2 aromatic rings. The molecule has 0 fully saturated rings. The summed E-state index contributed by atoms with van der Waals surface area (Å²) in [5.74, 6) is -0.398. The fourth-order valence-corrected chi connectivity index (χ4v) is 2.54. The van der Waals surface area contributed by atoms with E-state index in [1.807, 2.05) is 32.2 Å². The van der Waals surface area contributed by atoms with Crippen molar-refractivity contribution in [2.45, 2.75) is 18.7 Å². The van der Waals surface area contributed by atoms with Crippen LogP contribution in [-0.4, -0.2) is 24.8 Å². The van der Waals surface area contributed by atoms with Crippen LogP contribution in [0.2, 0.25) is 0 Å². The molecule has 0 radical (unpaired) electrons. The van der Waals surface area contributed by atoms with Gasteiger partial charge in [-0.1, -0.05) is 38.1 Å². The van der Waals surface area contributed by atoms with Crippen LogP contribution in [0.5, 0.6) is 5.75 Å². The van der Waals surface area contributed by atoms with E-state index in [-0.39, 0.29) is 17.0 Å². The van der Waals surface area contributed by atoms with E-state index in [2.05, 4.69) is 0 Å². The Morgan fingerprint density at radius 1 is 0.958 bits per heavy atom. The van der Waals surface area contributed by atoms with Gasteiger partial charge in [-0.3, -0.25) is 0 Å². The Morgan fingerprint density at radius 2 is 1.54 bits per heavy atom. The monoisotopic (exact) mass is 344 g/mol. The average Bonchev–Trinajstić information content (AvgIpc) is 2.60. The van der Waals surface area contributed by atoms with Crippen LogP contribution < -0.4 is 4.74 Å².